The number of hydrogen-bond acceptors (Lipinski definition) is 3. The van der Waals surface area contributed by atoms with Gasteiger partial charge < -0.3 is 11.1 Å². The van der Waals surface area contributed by atoms with Crippen molar-refractivity contribution in [2.24, 2.45) is 0 Å². The molecule has 0 spiro atoms. The van der Waals surface area contributed by atoms with Crippen LogP contribution in [-0.4, -0.2) is 11.5 Å². The fourth-order valence-corrected chi connectivity index (χ4v) is 1.12. The van der Waals surface area contributed by atoms with Crippen molar-refractivity contribution in [3.05, 3.63) is 16.7 Å². The smallest absolute Gasteiger partial charge is 0.149 e. The Balaban J connectivity index is 2.90. The molecule has 0 fully saturated rings. The topological polar surface area (TPSA) is 50.9 Å². The van der Waals surface area contributed by atoms with Gasteiger partial charge in [0.1, 0.15) is 5.82 Å². The van der Waals surface area contributed by atoms with Crippen molar-refractivity contribution < 1.29 is 0 Å². The number of rotatable bonds is 2. The van der Waals surface area contributed by atoms with E-state index < -0.39 is 0 Å². The van der Waals surface area contributed by atoms with Gasteiger partial charge in [-0.2, -0.15) is 0 Å². The number of hydrogen-bond donors (Lipinski definition) is 2. The van der Waals surface area contributed by atoms with Crippen molar-refractivity contribution in [2.75, 3.05) is 17.6 Å². The zero-order valence-corrected chi connectivity index (χ0v) is 7.85. The van der Waals surface area contributed by atoms with Gasteiger partial charge in [0.05, 0.1) is 5.69 Å². The van der Waals surface area contributed by atoms with E-state index in [2.05, 4.69) is 26.2 Å². The maximum absolute atomic E-state index is 5.65. The van der Waals surface area contributed by atoms with Crippen LogP contribution in [0.5, 0.6) is 0 Å². The van der Waals surface area contributed by atoms with Crippen LogP contribution in [0, 0.1) is 0 Å². The van der Waals surface area contributed by atoms with Gasteiger partial charge in [0, 0.05) is 17.2 Å². The largest absolute Gasteiger partial charge is 0.396 e. The molecule has 0 bridgehead atoms. The molecule has 0 atom stereocenters. The molecule has 3 nitrogen and oxygen atoms in total. The Morgan fingerprint density at radius 2 is 2.45 bits per heavy atom. The number of halogens is 1. The highest BCUT2D eigenvalue weighted by atomic mass is 79.9. The van der Waals surface area contributed by atoms with Crippen molar-refractivity contribution in [1.29, 1.82) is 0 Å². The summed E-state index contributed by atoms with van der Waals surface area (Å²) in [5.74, 6) is 0.746. The number of pyridine rings is 1. The van der Waals surface area contributed by atoms with Gasteiger partial charge in [-0.05, 0) is 28.9 Å². The molecule has 4 heteroatoms. The van der Waals surface area contributed by atoms with Crippen molar-refractivity contribution in [3.8, 4) is 0 Å². The summed E-state index contributed by atoms with van der Waals surface area (Å²) in [6.07, 6.45) is 1.72. The molecule has 0 aliphatic rings. The second-order valence-corrected chi connectivity index (χ2v) is 3.04. The Hall–Kier alpha value is -0.770. The summed E-state index contributed by atoms with van der Waals surface area (Å²) >= 11 is 3.28. The summed E-state index contributed by atoms with van der Waals surface area (Å²) in [6.45, 7) is 2.84. The van der Waals surface area contributed by atoms with E-state index in [4.69, 9.17) is 5.73 Å². The van der Waals surface area contributed by atoms with Gasteiger partial charge >= 0.3 is 0 Å². The summed E-state index contributed by atoms with van der Waals surface area (Å²) in [5, 5.41) is 3.05. The number of nitrogens with one attached hydrogen (secondary N) is 1. The van der Waals surface area contributed by atoms with Gasteiger partial charge in [-0.1, -0.05) is 0 Å². The number of anilines is 2. The Labute approximate surface area is 74.1 Å². The average molecular weight is 216 g/mol. The third-order valence-corrected chi connectivity index (χ3v) is 1.66. The van der Waals surface area contributed by atoms with Gasteiger partial charge in [0.15, 0.2) is 0 Å². The SMILES string of the molecule is CCNc1ncc(Br)cc1N. The van der Waals surface area contributed by atoms with Gasteiger partial charge in [0.25, 0.3) is 0 Å². The molecule has 0 aromatic carbocycles. The fourth-order valence-electron chi connectivity index (χ4n) is 0.770. The predicted molar refractivity (Wildman–Crippen MR) is 50.5 cm³/mol. The summed E-state index contributed by atoms with van der Waals surface area (Å²) in [5.41, 5.74) is 6.32. The molecule has 0 radical (unpaired) electrons. The monoisotopic (exact) mass is 215 g/mol. The summed E-state index contributed by atoms with van der Waals surface area (Å²) < 4.78 is 0.900. The second kappa shape index (κ2) is 3.57. The molecule has 1 rings (SSSR count). The van der Waals surface area contributed by atoms with Crippen LogP contribution < -0.4 is 11.1 Å². The van der Waals surface area contributed by atoms with E-state index in [1.54, 1.807) is 6.20 Å². The minimum atomic E-state index is 0.668. The molecule has 1 aromatic heterocycles. The van der Waals surface area contributed by atoms with Crippen molar-refractivity contribution in [1.82, 2.24) is 4.98 Å². The molecule has 0 amide bonds. The molecule has 11 heavy (non-hydrogen) atoms. The lowest BCUT2D eigenvalue weighted by Gasteiger charge is -2.04. The predicted octanol–water partition coefficient (Wildman–Crippen LogP) is 1.86. The zero-order valence-electron chi connectivity index (χ0n) is 6.26. The quantitative estimate of drug-likeness (QED) is 0.793. The Kier molecular flexibility index (Phi) is 2.70. The molecule has 0 aliphatic carbocycles. The first-order valence-corrected chi connectivity index (χ1v) is 4.18. The van der Waals surface area contributed by atoms with E-state index in [0.29, 0.717) is 5.69 Å². The highest BCUT2D eigenvalue weighted by molar-refractivity contribution is 9.10. The lowest BCUT2D eigenvalue weighted by molar-refractivity contribution is 1.16. The van der Waals surface area contributed by atoms with E-state index in [1.165, 1.54) is 0 Å². The van der Waals surface area contributed by atoms with Crippen LogP contribution in [0.3, 0.4) is 0 Å². The molecule has 0 aliphatic heterocycles. The molecule has 1 aromatic rings. The Bertz CT molecular complexity index is 249. The maximum atomic E-state index is 5.65. The van der Waals surface area contributed by atoms with E-state index in [-0.39, 0.29) is 0 Å². The standard InChI is InChI=1S/C7H10BrN3/c1-2-10-7-6(9)3-5(8)4-11-7/h3-4H,2,9H2,1H3,(H,10,11). The van der Waals surface area contributed by atoms with Crippen LogP contribution >= 0.6 is 15.9 Å². The maximum Gasteiger partial charge on any atom is 0.149 e. The zero-order chi connectivity index (χ0) is 8.27. The van der Waals surface area contributed by atoms with Crippen LogP contribution in [0.4, 0.5) is 11.5 Å². The number of nitrogens with two attached hydrogens (primary N) is 1. The minimum Gasteiger partial charge on any atom is -0.396 e. The Morgan fingerprint density at radius 1 is 1.73 bits per heavy atom. The molecule has 1 heterocycles. The van der Waals surface area contributed by atoms with E-state index in [1.807, 2.05) is 13.0 Å². The van der Waals surface area contributed by atoms with Gasteiger partial charge in [-0.15, -0.1) is 0 Å². The summed E-state index contributed by atoms with van der Waals surface area (Å²) in [6, 6.07) is 1.82. The molecule has 3 N–H and O–H groups in total. The lowest BCUT2D eigenvalue weighted by atomic mass is 10.4. The summed E-state index contributed by atoms with van der Waals surface area (Å²) in [7, 11) is 0. The number of nitrogen functional groups attached to an aromatic ring is 1. The molecule has 60 valence electrons. The van der Waals surface area contributed by atoms with Gasteiger partial charge in [0.2, 0.25) is 0 Å². The Morgan fingerprint density at radius 3 is 3.00 bits per heavy atom. The first-order valence-electron chi connectivity index (χ1n) is 3.39. The van der Waals surface area contributed by atoms with Crippen molar-refractivity contribution in [2.45, 2.75) is 6.92 Å². The third kappa shape index (κ3) is 2.08. The number of aromatic nitrogens is 1. The minimum absolute atomic E-state index is 0.668. The van der Waals surface area contributed by atoms with E-state index in [9.17, 15) is 0 Å². The van der Waals surface area contributed by atoms with E-state index in [0.717, 1.165) is 16.8 Å². The average Bonchev–Trinajstić information content (AvgIpc) is 1.95. The van der Waals surface area contributed by atoms with Crippen molar-refractivity contribution >= 4 is 27.4 Å². The highest BCUT2D eigenvalue weighted by Gasteiger charge is 1.97. The van der Waals surface area contributed by atoms with E-state index >= 15 is 0 Å². The lowest BCUT2D eigenvalue weighted by Crippen LogP contribution is -2.02. The van der Waals surface area contributed by atoms with Gasteiger partial charge in [-0.25, -0.2) is 4.98 Å². The fraction of sp³-hybridized carbons (Fsp3) is 0.286. The van der Waals surface area contributed by atoms with Gasteiger partial charge in [-0.3, -0.25) is 0 Å². The highest BCUT2D eigenvalue weighted by Crippen LogP contribution is 2.19. The third-order valence-electron chi connectivity index (χ3n) is 1.23. The molecule has 0 unspecified atom stereocenters. The normalized spacial score (nSPS) is 9.64. The summed E-state index contributed by atoms with van der Waals surface area (Å²) in [4.78, 5) is 4.08. The van der Waals surface area contributed by atoms with Crippen LogP contribution in [0.1, 0.15) is 6.92 Å². The van der Waals surface area contributed by atoms with Crippen LogP contribution in [0.2, 0.25) is 0 Å². The molecule has 0 saturated carbocycles. The van der Waals surface area contributed by atoms with Crippen molar-refractivity contribution in [3.63, 3.8) is 0 Å². The molecule has 0 saturated heterocycles. The molecular formula is C7H10BrN3. The van der Waals surface area contributed by atoms with Crippen LogP contribution in [0.25, 0.3) is 0 Å². The second-order valence-electron chi connectivity index (χ2n) is 2.12. The van der Waals surface area contributed by atoms with Crippen LogP contribution in [0.15, 0.2) is 16.7 Å². The first kappa shape index (κ1) is 8.33. The van der Waals surface area contributed by atoms with Crippen LogP contribution in [-0.2, 0) is 0 Å². The first-order chi connectivity index (χ1) is 5.24. The molecular weight excluding hydrogens is 206 g/mol. The number of nitrogens with zero attached hydrogens (tertiary/aromatic N) is 1.